The van der Waals surface area contributed by atoms with Crippen LogP contribution in [-0.2, 0) is 0 Å². The molecule has 0 aliphatic carbocycles. The van der Waals surface area contributed by atoms with E-state index in [-0.39, 0.29) is 23.5 Å². The molecule has 0 aromatic carbocycles. The topological polar surface area (TPSA) is 35.0 Å². The molecule has 0 saturated carbocycles. The zero-order valence-electron chi connectivity index (χ0n) is 3.38. The Bertz CT molecular complexity index is 71.6. The van der Waals surface area contributed by atoms with Crippen LogP contribution in [0.5, 0.6) is 0 Å². The minimum absolute atomic E-state index is 0. The standard InChI is InChI=1S/Al.F6S.H3N.3H/c;1-7(2,3,4,5)6;;;;/h;;1H3;;;. The molecule has 0 fully saturated rings. The highest BCUT2D eigenvalue weighted by Gasteiger charge is 2.64. The Kier molecular flexibility index (Phi) is 3.51. The molecule has 0 aliphatic heterocycles. The molecule has 0 spiro atoms. The number of halogens is 6. The highest BCUT2D eigenvalue weighted by molar-refractivity contribution is 8.41. The van der Waals surface area contributed by atoms with Crippen LogP contribution in [0.15, 0.2) is 0 Å². The van der Waals surface area contributed by atoms with Gasteiger partial charge in [-0.1, -0.05) is 23.3 Å². The van der Waals surface area contributed by atoms with Crippen molar-refractivity contribution < 1.29 is 23.3 Å². The Morgan fingerprint density at radius 2 is 0.667 bits per heavy atom. The summed E-state index contributed by atoms with van der Waals surface area (Å²) in [6.07, 6.45) is 0. The molecule has 0 aromatic heterocycles. The van der Waals surface area contributed by atoms with Crippen molar-refractivity contribution in [3.8, 4) is 0 Å². The summed E-state index contributed by atoms with van der Waals surface area (Å²) in [6.45, 7) is 0. The van der Waals surface area contributed by atoms with Gasteiger partial charge in [0.1, 0.15) is 0 Å². The van der Waals surface area contributed by atoms with Crippen LogP contribution in [0.3, 0.4) is 0 Å². The summed E-state index contributed by atoms with van der Waals surface area (Å²) in [5, 5.41) is 0. The molecule has 0 aliphatic rings. The average molecular weight is 193 g/mol. The molecular weight excluding hydrogens is 187 g/mol. The molecule has 0 rings (SSSR count). The highest BCUT2D eigenvalue weighted by atomic mass is 32.5. The van der Waals surface area contributed by atoms with Gasteiger partial charge in [-0.05, 0) is 0 Å². The second kappa shape index (κ2) is 1.95. The first kappa shape index (κ1) is 16.2. The first-order valence-corrected chi connectivity index (χ1v) is 2.78. The molecular formula is H6AlF6NS. The number of hydrogen-bond donors (Lipinski definition) is 1. The van der Waals surface area contributed by atoms with E-state index in [0.29, 0.717) is 0 Å². The first-order chi connectivity index (χ1) is 2.45. The van der Waals surface area contributed by atoms with Crippen LogP contribution in [-0.4, -0.2) is 17.4 Å². The lowest BCUT2D eigenvalue weighted by Crippen LogP contribution is -1.92. The van der Waals surface area contributed by atoms with Gasteiger partial charge in [0.2, 0.25) is 0 Å². The van der Waals surface area contributed by atoms with E-state index in [9.17, 15) is 23.3 Å². The lowest BCUT2D eigenvalue weighted by atomic mass is 14.0. The van der Waals surface area contributed by atoms with Crippen LogP contribution >= 0.6 is 10.6 Å². The van der Waals surface area contributed by atoms with Gasteiger partial charge in [0, 0.05) is 0 Å². The van der Waals surface area contributed by atoms with Crippen LogP contribution < -0.4 is 6.15 Å². The summed E-state index contributed by atoms with van der Waals surface area (Å²) < 4.78 is 59.1. The molecule has 0 unspecified atom stereocenters. The first-order valence-electron chi connectivity index (χ1n) is 0.926. The molecule has 0 amide bonds. The van der Waals surface area contributed by atoms with E-state index in [4.69, 9.17) is 0 Å². The molecule has 0 atom stereocenters. The van der Waals surface area contributed by atoms with Crippen LogP contribution in [0.2, 0.25) is 0 Å². The third-order valence-corrected chi connectivity index (χ3v) is 0. The molecule has 1 nitrogen and oxygen atoms in total. The summed E-state index contributed by atoms with van der Waals surface area (Å²) in [4.78, 5) is 0. The van der Waals surface area contributed by atoms with Crippen LogP contribution in [0.1, 0.15) is 0 Å². The van der Waals surface area contributed by atoms with Crippen molar-refractivity contribution in [2.45, 2.75) is 0 Å². The highest BCUT2D eigenvalue weighted by Crippen LogP contribution is 2.99. The van der Waals surface area contributed by atoms with Gasteiger partial charge >= 0.3 is 10.6 Å². The summed E-state index contributed by atoms with van der Waals surface area (Å²) in [7, 11) is -10.5. The molecule has 0 heterocycles. The minimum Gasteiger partial charge on any atom is -0.344 e. The van der Waals surface area contributed by atoms with Crippen molar-refractivity contribution in [1.82, 2.24) is 6.15 Å². The summed E-state index contributed by atoms with van der Waals surface area (Å²) in [6, 6.07) is 0. The maximum absolute atomic E-state index is 10.5. The van der Waals surface area contributed by atoms with Crippen molar-refractivity contribution in [2.75, 3.05) is 0 Å². The molecule has 0 radical (unpaired) electrons. The molecule has 62 valence electrons. The second-order valence-electron chi connectivity index (χ2n) is 0.875. The second-order valence-corrected chi connectivity index (χ2v) is 2.62. The predicted molar refractivity (Wildman–Crippen MR) is 29.2 cm³/mol. The van der Waals surface area contributed by atoms with Gasteiger partial charge in [0.05, 0.1) is 0 Å². The van der Waals surface area contributed by atoms with Crippen LogP contribution in [0.25, 0.3) is 0 Å². The van der Waals surface area contributed by atoms with E-state index in [1.165, 1.54) is 0 Å². The van der Waals surface area contributed by atoms with E-state index in [2.05, 4.69) is 0 Å². The molecule has 0 aromatic rings. The fourth-order valence-corrected chi connectivity index (χ4v) is 0. The van der Waals surface area contributed by atoms with E-state index in [1.807, 2.05) is 0 Å². The summed E-state index contributed by atoms with van der Waals surface area (Å²) in [5.41, 5.74) is 0. The maximum Gasteiger partial charge on any atom is 0.431 e. The molecule has 0 bridgehead atoms. The third kappa shape index (κ3) is 1950. The van der Waals surface area contributed by atoms with E-state index in [0.717, 1.165) is 0 Å². The van der Waals surface area contributed by atoms with E-state index >= 15 is 0 Å². The van der Waals surface area contributed by atoms with Gasteiger partial charge in [-0.3, -0.25) is 0 Å². The average Bonchev–Trinajstić information content (AvgIpc) is 0.592. The Labute approximate surface area is 58.1 Å². The Balaban J connectivity index is -0.000000180. The third-order valence-electron chi connectivity index (χ3n) is 0. The SMILES string of the molecule is FS(F)(F)(F)(F)F.N.[AlH3]. The van der Waals surface area contributed by atoms with Crippen molar-refractivity contribution in [1.29, 1.82) is 0 Å². The fraction of sp³-hybridized carbons (Fsp3) is 0. The molecule has 0 saturated heterocycles. The van der Waals surface area contributed by atoms with Crippen molar-refractivity contribution in [3.05, 3.63) is 0 Å². The minimum atomic E-state index is -10.5. The van der Waals surface area contributed by atoms with Gasteiger partial charge in [0.15, 0.2) is 17.4 Å². The van der Waals surface area contributed by atoms with Crippen molar-refractivity contribution >= 4 is 28.0 Å². The van der Waals surface area contributed by atoms with Crippen molar-refractivity contribution in [2.24, 2.45) is 0 Å². The Morgan fingerprint density at radius 1 is 0.667 bits per heavy atom. The number of hydrogen-bond acceptors (Lipinski definition) is 1. The molecule has 9 heavy (non-hydrogen) atoms. The lowest BCUT2D eigenvalue weighted by molar-refractivity contribution is 0.291. The quantitative estimate of drug-likeness (QED) is 0.464. The summed E-state index contributed by atoms with van der Waals surface area (Å²) >= 11 is 0. The van der Waals surface area contributed by atoms with Gasteiger partial charge in [-0.2, -0.15) is 0 Å². The molecule has 3 N–H and O–H groups in total. The smallest absolute Gasteiger partial charge is 0.344 e. The zero-order valence-corrected chi connectivity index (χ0v) is 4.20. The Hall–Kier alpha value is 0.422. The molecule has 9 heteroatoms. The van der Waals surface area contributed by atoms with Crippen molar-refractivity contribution in [3.63, 3.8) is 0 Å². The lowest BCUT2D eigenvalue weighted by Gasteiger charge is -2.28. The maximum atomic E-state index is 9.85. The van der Waals surface area contributed by atoms with Gasteiger partial charge < -0.3 is 6.15 Å². The fourth-order valence-electron chi connectivity index (χ4n) is 0. The predicted octanol–water partition coefficient (Wildman–Crippen LogP) is 2.15. The van der Waals surface area contributed by atoms with Gasteiger partial charge in [0.25, 0.3) is 0 Å². The van der Waals surface area contributed by atoms with Gasteiger partial charge in [-0.25, -0.2) is 0 Å². The largest absolute Gasteiger partial charge is 0.431 e. The Morgan fingerprint density at radius 3 is 0.667 bits per heavy atom. The van der Waals surface area contributed by atoms with E-state index < -0.39 is 10.6 Å². The number of rotatable bonds is 0. The monoisotopic (exact) mass is 193 g/mol. The summed E-state index contributed by atoms with van der Waals surface area (Å²) in [5.74, 6) is 0. The zero-order chi connectivity index (χ0) is 6.41. The van der Waals surface area contributed by atoms with Gasteiger partial charge in [-0.15, -0.1) is 0 Å². The normalized spacial score (nSPS) is 18.0. The van der Waals surface area contributed by atoms with Crippen LogP contribution in [0, 0.1) is 0 Å². The van der Waals surface area contributed by atoms with E-state index in [1.54, 1.807) is 0 Å². The van der Waals surface area contributed by atoms with Crippen LogP contribution in [0.4, 0.5) is 23.3 Å².